The number of methoxy groups -OCH3 is 2. The molecule has 0 saturated carbocycles. The van der Waals surface area contributed by atoms with E-state index in [9.17, 15) is 13.2 Å². The van der Waals surface area contributed by atoms with E-state index in [0.29, 0.717) is 22.6 Å². The van der Waals surface area contributed by atoms with Crippen LogP contribution >= 0.6 is 0 Å². The van der Waals surface area contributed by atoms with E-state index in [4.69, 9.17) is 14.7 Å². The molecule has 0 spiro atoms. The van der Waals surface area contributed by atoms with Crippen LogP contribution in [-0.2, 0) is 17.1 Å². The number of nitrogens with one attached hydrogen (secondary N) is 1. The molecule has 180 valence electrons. The van der Waals surface area contributed by atoms with Gasteiger partial charge >= 0.3 is 0 Å². The van der Waals surface area contributed by atoms with Crippen LogP contribution in [0.25, 0.3) is 28.2 Å². The Balaban J connectivity index is 1.71. The third-order valence-electron chi connectivity index (χ3n) is 5.76. The molecule has 0 atom stereocenters. The lowest BCUT2D eigenvalue weighted by molar-refractivity contribution is 0.104. The van der Waals surface area contributed by atoms with Crippen LogP contribution < -0.4 is 14.4 Å². The first-order valence-corrected chi connectivity index (χ1v) is 12.1. The molecular formula is C26H24N2O6S. The number of allylic oxidation sites excluding steroid dienone is 1. The first kappa shape index (κ1) is 24.2. The number of rotatable bonds is 8. The van der Waals surface area contributed by atoms with Crippen molar-refractivity contribution < 1.29 is 27.9 Å². The number of carbonyl (C=O) groups is 1. The fourth-order valence-electron chi connectivity index (χ4n) is 3.91. The van der Waals surface area contributed by atoms with Crippen molar-refractivity contribution in [3.8, 4) is 22.8 Å². The third kappa shape index (κ3) is 4.69. The normalized spacial score (nSPS) is 11.8. The topological polar surface area (TPSA) is 107 Å². The number of carbonyl (C=O) groups excluding carboxylic acids is 1. The molecule has 0 aliphatic heterocycles. The molecule has 0 fully saturated rings. The van der Waals surface area contributed by atoms with Gasteiger partial charge in [-0.1, -0.05) is 23.1 Å². The molecule has 9 heteroatoms. The minimum absolute atomic E-state index is 0.156. The van der Waals surface area contributed by atoms with Gasteiger partial charge in [0.1, 0.15) is 11.5 Å². The van der Waals surface area contributed by atoms with E-state index < -0.39 is 10.0 Å². The average molecular weight is 493 g/mol. The second-order valence-corrected chi connectivity index (χ2v) is 9.42. The fourth-order valence-corrected chi connectivity index (χ4v) is 4.51. The van der Waals surface area contributed by atoms with Gasteiger partial charge < -0.3 is 19.2 Å². The highest BCUT2D eigenvalue weighted by Gasteiger charge is 2.17. The number of ketones is 1. The summed E-state index contributed by atoms with van der Waals surface area (Å²) in [5, 5.41) is 9.84. The maximum absolute atomic E-state index is 12.7. The molecule has 0 amide bonds. The number of aromatic nitrogens is 1. The Bertz CT molecular complexity index is 1540. The first-order chi connectivity index (χ1) is 16.8. The first-order valence-electron chi connectivity index (χ1n) is 10.6. The number of hydrogen-bond donors (Lipinski definition) is 2. The van der Waals surface area contributed by atoms with Crippen molar-refractivity contribution in [3.05, 3.63) is 83.9 Å². The SMILES string of the molecule is COc1cc(OC)c(-c2cc3ccccc3n2C)cc1/C=C/C(=O)c1ccc(S(=O)(=O)NO)cc1. The van der Waals surface area contributed by atoms with Gasteiger partial charge in [-0.2, -0.15) is 0 Å². The van der Waals surface area contributed by atoms with Gasteiger partial charge in [0.05, 0.1) is 24.8 Å². The Morgan fingerprint density at radius 2 is 1.66 bits per heavy atom. The molecule has 4 aromatic rings. The lowest BCUT2D eigenvalue weighted by Gasteiger charge is -2.14. The van der Waals surface area contributed by atoms with Crippen LogP contribution in [0.2, 0.25) is 0 Å². The summed E-state index contributed by atoms with van der Waals surface area (Å²) >= 11 is 0. The molecule has 35 heavy (non-hydrogen) atoms. The average Bonchev–Trinajstić information content (AvgIpc) is 3.23. The van der Waals surface area contributed by atoms with Crippen molar-refractivity contribution in [2.24, 2.45) is 7.05 Å². The molecule has 4 rings (SSSR count). The summed E-state index contributed by atoms with van der Waals surface area (Å²) in [6.45, 7) is 0. The molecule has 2 N–H and O–H groups in total. The molecule has 0 aliphatic carbocycles. The van der Waals surface area contributed by atoms with Crippen LogP contribution in [-0.4, -0.2) is 38.2 Å². The van der Waals surface area contributed by atoms with E-state index in [2.05, 4.69) is 10.6 Å². The molecule has 8 nitrogen and oxygen atoms in total. The van der Waals surface area contributed by atoms with Crippen molar-refractivity contribution in [1.82, 2.24) is 9.45 Å². The number of hydrogen-bond acceptors (Lipinski definition) is 6. The number of nitrogens with zero attached hydrogens (tertiary/aromatic N) is 1. The molecule has 1 heterocycles. The van der Waals surface area contributed by atoms with E-state index in [1.807, 2.05) is 37.4 Å². The van der Waals surface area contributed by atoms with Gasteiger partial charge in [-0.15, -0.1) is 0 Å². The molecule has 0 unspecified atom stereocenters. The second kappa shape index (κ2) is 9.75. The van der Waals surface area contributed by atoms with Gasteiger partial charge in [0.25, 0.3) is 10.0 Å². The van der Waals surface area contributed by atoms with Crippen LogP contribution in [0.4, 0.5) is 0 Å². The van der Waals surface area contributed by atoms with E-state index in [1.54, 1.807) is 26.4 Å². The van der Waals surface area contributed by atoms with E-state index in [0.717, 1.165) is 22.2 Å². The van der Waals surface area contributed by atoms with Gasteiger partial charge in [-0.05, 0) is 54.6 Å². The summed E-state index contributed by atoms with van der Waals surface area (Å²) in [5.74, 6) is 0.837. The Kier molecular flexibility index (Phi) is 6.74. The number of benzene rings is 3. The van der Waals surface area contributed by atoms with Gasteiger partial charge in [-0.25, -0.2) is 8.42 Å². The molecular weight excluding hydrogens is 468 g/mol. The lowest BCUT2D eigenvalue weighted by Crippen LogP contribution is -2.19. The summed E-state index contributed by atoms with van der Waals surface area (Å²) < 4.78 is 36.6. The Morgan fingerprint density at radius 3 is 2.29 bits per heavy atom. The Hall–Kier alpha value is -3.92. The number of para-hydroxylation sites is 1. The van der Waals surface area contributed by atoms with Crippen molar-refractivity contribution in [1.29, 1.82) is 0 Å². The maximum atomic E-state index is 12.7. The molecule has 0 aliphatic rings. The largest absolute Gasteiger partial charge is 0.496 e. The summed E-state index contributed by atoms with van der Waals surface area (Å²) in [4.78, 5) is 13.8. The van der Waals surface area contributed by atoms with Crippen molar-refractivity contribution in [2.45, 2.75) is 4.90 Å². The van der Waals surface area contributed by atoms with Crippen LogP contribution in [0.15, 0.2) is 77.7 Å². The van der Waals surface area contributed by atoms with E-state index in [-0.39, 0.29) is 10.7 Å². The van der Waals surface area contributed by atoms with E-state index >= 15 is 0 Å². The van der Waals surface area contributed by atoms with Crippen LogP contribution in [0.1, 0.15) is 15.9 Å². The highest BCUT2D eigenvalue weighted by molar-refractivity contribution is 7.89. The second-order valence-electron chi connectivity index (χ2n) is 7.76. The van der Waals surface area contributed by atoms with Crippen LogP contribution in [0.3, 0.4) is 0 Å². The summed E-state index contributed by atoms with van der Waals surface area (Å²) in [6, 6.07) is 19.1. The van der Waals surface area contributed by atoms with Gasteiger partial charge in [0.15, 0.2) is 5.78 Å². The standard InChI is InChI=1S/C26H24N2O6S/c1-28-22-7-5-4-6-18(22)15-23(28)21-14-19(25(33-2)16-26(21)34-3)10-13-24(29)17-8-11-20(12-9-17)35(31,32)27-30/h4-16,27,30H,1-3H3/b13-10+. The highest BCUT2D eigenvalue weighted by atomic mass is 32.2. The fraction of sp³-hybridized carbons (Fsp3) is 0.115. The Labute approximate surface area is 203 Å². The minimum atomic E-state index is -4.01. The highest BCUT2D eigenvalue weighted by Crippen LogP contribution is 2.38. The smallest absolute Gasteiger partial charge is 0.262 e. The third-order valence-corrected chi connectivity index (χ3v) is 6.90. The molecule has 1 aromatic heterocycles. The zero-order chi connectivity index (χ0) is 25.2. The monoisotopic (exact) mass is 492 g/mol. The quantitative estimate of drug-likeness (QED) is 0.214. The van der Waals surface area contributed by atoms with E-state index in [1.165, 1.54) is 35.2 Å². The lowest BCUT2D eigenvalue weighted by atomic mass is 10.0. The predicted molar refractivity (Wildman–Crippen MR) is 133 cm³/mol. The Morgan fingerprint density at radius 1 is 0.971 bits per heavy atom. The predicted octanol–water partition coefficient (Wildman–Crippen LogP) is 4.43. The van der Waals surface area contributed by atoms with Crippen molar-refractivity contribution >= 4 is 32.8 Å². The van der Waals surface area contributed by atoms with Gasteiger partial charge in [0.2, 0.25) is 0 Å². The maximum Gasteiger partial charge on any atom is 0.262 e. The zero-order valence-electron chi connectivity index (χ0n) is 19.3. The summed E-state index contributed by atoms with van der Waals surface area (Å²) in [6.07, 6.45) is 3.04. The van der Waals surface area contributed by atoms with Crippen LogP contribution in [0, 0.1) is 0 Å². The van der Waals surface area contributed by atoms with Gasteiger partial charge in [-0.3, -0.25) is 4.79 Å². The molecule has 0 bridgehead atoms. The zero-order valence-corrected chi connectivity index (χ0v) is 20.2. The number of fused-ring (bicyclic) bond motifs is 1. The summed E-state index contributed by atoms with van der Waals surface area (Å²) in [7, 11) is 1.11. The number of sulfonamides is 1. The summed E-state index contributed by atoms with van der Waals surface area (Å²) in [5.41, 5.74) is 3.82. The molecule has 3 aromatic carbocycles. The number of ether oxygens (including phenoxy) is 2. The van der Waals surface area contributed by atoms with Crippen molar-refractivity contribution in [2.75, 3.05) is 14.2 Å². The van der Waals surface area contributed by atoms with Crippen LogP contribution in [0.5, 0.6) is 11.5 Å². The van der Waals surface area contributed by atoms with Gasteiger partial charge in [0, 0.05) is 40.7 Å². The number of aryl methyl sites for hydroxylation is 1. The minimum Gasteiger partial charge on any atom is -0.496 e. The molecule has 0 radical (unpaired) electrons. The van der Waals surface area contributed by atoms with Crippen molar-refractivity contribution in [3.63, 3.8) is 0 Å². The molecule has 0 saturated heterocycles.